The van der Waals surface area contributed by atoms with Gasteiger partial charge in [0.25, 0.3) is 0 Å². The minimum Gasteiger partial charge on any atom is -0.353 e. The van der Waals surface area contributed by atoms with Crippen molar-refractivity contribution in [2.75, 3.05) is 0 Å². The smallest absolute Gasteiger partial charge is 0.194 e. The Morgan fingerprint density at radius 1 is 1.32 bits per heavy atom. The standard InChI is InChI=1S/C15H13ClO2S/c1-8-12-9(2)14(15(3,18-12)13(8)17)19-11-6-4-10(16)5-7-11/h4-7,12,14H,1-2H2,3H3/t12-,14-,15+/m0/s1. The molecule has 2 fully saturated rings. The molecule has 0 amide bonds. The number of thioether (sulfide) groups is 1. The molecule has 0 aliphatic carbocycles. The molecule has 2 nitrogen and oxygen atoms in total. The molecule has 4 heteroatoms. The summed E-state index contributed by atoms with van der Waals surface area (Å²) in [5.74, 6) is -0.00337. The van der Waals surface area contributed by atoms with Gasteiger partial charge in [-0.2, -0.15) is 0 Å². The Labute approximate surface area is 121 Å². The second kappa shape index (κ2) is 4.23. The summed E-state index contributed by atoms with van der Waals surface area (Å²) in [5, 5.41) is 0.625. The van der Waals surface area contributed by atoms with Crippen LogP contribution < -0.4 is 0 Å². The third-order valence-corrected chi connectivity index (χ3v) is 5.45. The van der Waals surface area contributed by atoms with Gasteiger partial charge in [-0.3, -0.25) is 4.79 Å². The Morgan fingerprint density at radius 3 is 2.53 bits per heavy atom. The Morgan fingerprint density at radius 2 is 1.95 bits per heavy atom. The third kappa shape index (κ3) is 1.80. The summed E-state index contributed by atoms with van der Waals surface area (Å²) in [7, 11) is 0. The van der Waals surface area contributed by atoms with Crippen LogP contribution in [0.2, 0.25) is 5.02 Å². The van der Waals surface area contributed by atoms with E-state index in [9.17, 15) is 4.79 Å². The highest BCUT2D eigenvalue weighted by molar-refractivity contribution is 8.00. The van der Waals surface area contributed by atoms with Crippen LogP contribution in [0, 0.1) is 0 Å². The minimum atomic E-state index is -0.830. The second-order valence-electron chi connectivity index (χ2n) is 4.99. The van der Waals surface area contributed by atoms with E-state index in [0.717, 1.165) is 10.5 Å². The molecule has 0 spiro atoms. The highest BCUT2D eigenvalue weighted by Crippen LogP contribution is 2.52. The number of hydrogen-bond acceptors (Lipinski definition) is 3. The lowest BCUT2D eigenvalue weighted by Crippen LogP contribution is -2.42. The number of ketones is 1. The molecule has 19 heavy (non-hydrogen) atoms. The topological polar surface area (TPSA) is 26.3 Å². The first kappa shape index (κ1) is 13.0. The highest BCUT2D eigenvalue weighted by atomic mass is 35.5. The first-order valence-corrected chi connectivity index (χ1v) is 7.21. The number of fused-ring (bicyclic) bond motifs is 2. The monoisotopic (exact) mass is 292 g/mol. The quantitative estimate of drug-likeness (QED) is 0.615. The van der Waals surface area contributed by atoms with Crippen molar-refractivity contribution < 1.29 is 9.53 Å². The largest absolute Gasteiger partial charge is 0.353 e. The van der Waals surface area contributed by atoms with Crippen molar-refractivity contribution in [1.82, 2.24) is 0 Å². The summed E-state index contributed by atoms with van der Waals surface area (Å²) in [6, 6.07) is 7.55. The Balaban J connectivity index is 1.90. The highest BCUT2D eigenvalue weighted by Gasteiger charge is 2.61. The van der Waals surface area contributed by atoms with E-state index >= 15 is 0 Å². The molecular formula is C15H13ClO2S. The first-order valence-electron chi connectivity index (χ1n) is 5.96. The number of carbonyl (C=O) groups is 1. The van der Waals surface area contributed by atoms with E-state index in [1.807, 2.05) is 31.2 Å². The van der Waals surface area contributed by atoms with Crippen LogP contribution in [0.4, 0.5) is 0 Å². The number of hydrogen-bond donors (Lipinski definition) is 0. The average molecular weight is 293 g/mol. The van der Waals surface area contributed by atoms with Crippen molar-refractivity contribution in [3.63, 3.8) is 0 Å². The van der Waals surface area contributed by atoms with Crippen molar-refractivity contribution >= 4 is 29.1 Å². The zero-order chi connectivity index (χ0) is 13.8. The molecule has 0 aromatic heterocycles. The minimum absolute atomic E-state index is 0.00337. The van der Waals surface area contributed by atoms with Crippen LogP contribution in [0.5, 0.6) is 0 Å². The Hall–Kier alpha value is -1.03. The van der Waals surface area contributed by atoms with Gasteiger partial charge in [-0.1, -0.05) is 24.8 Å². The van der Waals surface area contributed by atoms with Crippen molar-refractivity contribution in [3.05, 3.63) is 53.6 Å². The molecule has 2 saturated heterocycles. The molecule has 0 radical (unpaired) electrons. The number of Topliss-reactive ketones (excluding diaryl/α,β-unsaturated/α-hetero) is 1. The normalized spacial score (nSPS) is 33.3. The van der Waals surface area contributed by atoms with Crippen LogP contribution in [0.1, 0.15) is 6.92 Å². The molecule has 98 valence electrons. The molecule has 0 N–H and O–H groups in total. The predicted molar refractivity (Wildman–Crippen MR) is 77.7 cm³/mol. The molecule has 2 bridgehead atoms. The molecule has 3 rings (SSSR count). The number of halogens is 1. The fourth-order valence-corrected chi connectivity index (χ4v) is 3.97. The van der Waals surface area contributed by atoms with Crippen LogP contribution in [0.15, 0.2) is 53.5 Å². The SMILES string of the molecule is C=C1C(=O)[C@@]2(C)O[C@@H]1C(=C)[C@@H]2Sc1ccc(Cl)cc1. The molecule has 2 aliphatic heterocycles. The van der Waals surface area contributed by atoms with E-state index < -0.39 is 5.60 Å². The van der Waals surface area contributed by atoms with Crippen LogP contribution in [-0.2, 0) is 9.53 Å². The summed E-state index contributed by atoms with van der Waals surface area (Å²) in [6.07, 6.45) is -0.317. The summed E-state index contributed by atoms with van der Waals surface area (Å²) < 4.78 is 5.81. The van der Waals surface area contributed by atoms with Crippen LogP contribution in [0.3, 0.4) is 0 Å². The van der Waals surface area contributed by atoms with E-state index in [4.69, 9.17) is 16.3 Å². The van der Waals surface area contributed by atoms with Gasteiger partial charge in [0.2, 0.25) is 0 Å². The molecule has 1 aromatic rings. The first-order chi connectivity index (χ1) is 8.93. The molecule has 1 aromatic carbocycles. The number of ether oxygens (including phenoxy) is 1. The molecule has 0 saturated carbocycles. The summed E-state index contributed by atoms with van der Waals surface area (Å²) >= 11 is 7.46. The van der Waals surface area contributed by atoms with Crippen molar-refractivity contribution in [2.24, 2.45) is 0 Å². The molecule has 3 atom stereocenters. The van der Waals surface area contributed by atoms with E-state index in [-0.39, 0.29) is 17.1 Å². The lowest BCUT2D eigenvalue weighted by Gasteiger charge is -2.28. The van der Waals surface area contributed by atoms with Crippen molar-refractivity contribution in [1.29, 1.82) is 0 Å². The number of rotatable bonds is 2. The number of carbonyl (C=O) groups excluding carboxylic acids is 1. The van der Waals surface area contributed by atoms with E-state index in [1.165, 1.54) is 0 Å². The van der Waals surface area contributed by atoms with Gasteiger partial charge in [0.15, 0.2) is 5.78 Å². The van der Waals surface area contributed by atoms with Crippen molar-refractivity contribution in [2.45, 2.75) is 28.8 Å². The van der Waals surface area contributed by atoms with E-state index in [0.29, 0.717) is 10.6 Å². The molecule has 0 unspecified atom stereocenters. The maximum Gasteiger partial charge on any atom is 0.194 e. The van der Waals surface area contributed by atoms with E-state index in [1.54, 1.807) is 11.8 Å². The van der Waals surface area contributed by atoms with Gasteiger partial charge >= 0.3 is 0 Å². The average Bonchev–Trinajstić information content (AvgIpc) is 2.77. The molecular weight excluding hydrogens is 280 g/mol. The van der Waals surface area contributed by atoms with Gasteiger partial charge in [0.1, 0.15) is 11.7 Å². The fraction of sp³-hybridized carbons (Fsp3) is 0.267. The summed E-state index contributed by atoms with van der Waals surface area (Å²) in [5.41, 5.74) is 0.621. The van der Waals surface area contributed by atoms with Gasteiger partial charge in [-0.15, -0.1) is 11.8 Å². The Bertz CT molecular complexity index is 593. The summed E-state index contributed by atoms with van der Waals surface area (Å²) in [6.45, 7) is 9.71. The number of benzene rings is 1. The maximum absolute atomic E-state index is 12.2. The second-order valence-corrected chi connectivity index (χ2v) is 6.60. The fourth-order valence-electron chi connectivity index (χ4n) is 2.62. The van der Waals surface area contributed by atoms with Crippen LogP contribution >= 0.6 is 23.4 Å². The van der Waals surface area contributed by atoms with Crippen LogP contribution in [0.25, 0.3) is 0 Å². The van der Waals surface area contributed by atoms with Gasteiger partial charge in [0.05, 0.1) is 5.25 Å². The molecule has 2 heterocycles. The zero-order valence-corrected chi connectivity index (χ0v) is 12.1. The zero-order valence-electron chi connectivity index (χ0n) is 10.5. The lowest BCUT2D eigenvalue weighted by molar-refractivity contribution is -0.126. The third-order valence-electron chi connectivity index (χ3n) is 3.66. The summed E-state index contributed by atoms with van der Waals surface area (Å²) in [4.78, 5) is 13.2. The molecule has 2 aliphatic rings. The van der Waals surface area contributed by atoms with Gasteiger partial charge in [0, 0.05) is 15.5 Å². The lowest BCUT2D eigenvalue weighted by atomic mass is 9.83. The van der Waals surface area contributed by atoms with Gasteiger partial charge in [-0.25, -0.2) is 0 Å². The van der Waals surface area contributed by atoms with Gasteiger partial charge in [-0.05, 0) is 36.8 Å². The Kier molecular flexibility index (Phi) is 2.89. The van der Waals surface area contributed by atoms with E-state index in [2.05, 4.69) is 13.2 Å². The predicted octanol–water partition coefficient (Wildman–Crippen LogP) is 3.65. The van der Waals surface area contributed by atoms with Crippen LogP contribution in [-0.4, -0.2) is 22.7 Å². The van der Waals surface area contributed by atoms with Gasteiger partial charge < -0.3 is 4.74 Å². The maximum atomic E-state index is 12.2. The van der Waals surface area contributed by atoms with Crippen molar-refractivity contribution in [3.8, 4) is 0 Å².